The van der Waals surface area contributed by atoms with E-state index in [1.165, 1.54) is 0 Å². The van der Waals surface area contributed by atoms with Crippen molar-refractivity contribution >= 4 is 5.91 Å². The number of hydroxylamine groups is 1. The van der Waals surface area contributed by atoms with Gasteiger partial charge in [-0.1, -0.05) is 35.9 Å². The molecule has 0 aliphatic heterocycles. The van der Waals surface area contributed by atoms with Crippen molar-refractivity contribution in [3.8, 4) is 0 Å². The molecule has 0 bridgehead atoms. The third-order valence-corrected chi connectivity index (χ3v) is 2.80. The molecule has 1 aromatic carbocycles. The van der Waals surface area contributed by atoms with Crippen molar-refractivity contribution in [3.05, 3.63) is 65.5 Å². The number of nitrogens with zero attached hydrogens (tertiary/aromatic N) is 1. The van der Waals surface area contributed by atoms with Crippen LogP contribution in [0.1, 0.15) is 22.6 Å². The minimum atomic E-state index is -0.552. The van der Waals surface area contributed by atoms with E-state index in [9.17, 15) is 4.79 Å². The van der Waals surface area contributed by atoms with Crippen LogP contribution in [0.2, 0.25) is 0 Å². The molecular formula is C14H14N2O2. The molecule has 1 atom stereocenters. The van der Waals surface area contributed by atoms with Crippen molar-refractivity contribution in [1.82, 2.24) is 10.5 Å². The summed E-state index contributed by atoms with van der Waals surface area (Å²) >= 11 is 0. The molecule has 0 aliphatic carbocycles. The summed E-state index contributed by atoms with van der Waals surface area (Å²) in [6, 6.07) is 11.2. The second-order valence-electron chi connectivity index (χ2n) is 4.11. The molecule has 2 N–H and O–H groups in total. The minimum absolute atomic E-state index is 0.466. The minimum Gasteiger partial charge on any atom is -0.289 e. The van der Waals surface area contributed by atoms with Crippen LogP contribution in [0, 0.1) is 6.92 Å². The van der Waals surface area contributed by atoms with Crippen LogP contribution in [0.15, 0.2) is 48.8 Å². The lowest BCUT2D eigenvalue weighted by Gasteiger charge is -2.15. The van der Waals surface area contributed by atoms with Crippen LogP contribution in [0.4, 0.5) is 0 Å². The zero-order chi connectivity index (χ0) is 13.0. The van der Waals surface area contributed by atoms with E-state index in [2.05, 4.69) is 4.98 Å². The summed E-state index contributed by atoms with van der Waals surface area (Å²) in [5.74, 6) is -1.02. The van der Waals surface area contributed by atoms with Crippen molar-refractivity contribution in [2.24, 2.45) is 0 Å². The third kappa shape index (κ3) is 2.55. The van der Waals surface area contributed by atoms with Gasteiger partial charge in [-0.2, -0.15) is 0 Å². The summed E-state index contributed by atoms with van der Waals surface area (Å²) < 4.78 is 0. The van der Waals surface area contributed by atoms with Crippen molar-refractivity contribution in [1.29, 1.82) is 0 Å². The molecule has 0 aliphatic rings. The summed E-state index contributed by atoms with van der Waals surface area (Å²) in [5.41, 5.74) is 4.39. The van der Waals surface area contributed by atoms with Crippen molar-refractivity contribution in [2.45, 2.75) is 12.8 Å². The molecule has 92 valence electrons. The van der Waals surface area contributed by atoms with Gasteiger partial charge in [0.15, 0.2) is 0 Å². The standard InChI is InChI=1S/C14H14N2O2/c1-10-4-6-11(7-5-10)13(14(17)16-18)12-3-2-8-15-9-12/h2-9,13,18H,1H3,(H,16,17). The first-order valence-corrected chi connectivity index (χ1v) is 5.63. The zero-order valence-corrected chi connectivity index (χ0v) is 10.00. The summed E-state index contributed by atoms with van der Waals surface area (Å²) in [7, 11) is 0. The highest BCUT2D eigenvalue weighted by Gasteiger charge is 2.22. The van der Waals surface area contributed by atoms with Crippen molar-refractivity contribution in [2.75, 3.05) is 0 Å². The topological polar surface area (TPSA) is 62.2 Å². The highest BCUT2D eigenvalue weighted by atomic mass is 16.5. The molecule has 0 saturated carbocycles. The lowest BCUT2D eigenvalue weighted by molar-refractivity contribution is -0.129. The van der Waals surface area contributed by atoms with Crippen molar-refractivity contribution in [3.63, 3.8) is 0 Å². The Labute approximate surface area is 105 Å². The molecule has 2 rings (SSSR count). The summed E-state index contributed by atoms with van der Waals surface area (Å²) in [4.78, 5) is 15.8. The molecule has 0 saturated heterocycles. The first kappa shape index (κ1) is 12.3. The van der Waals surface area contributed by atoms with E-state index < -0.39 is 11.8 Å². The number of hydrogen-bond donors (Lipinski definition) is 2. The van der Waals surface area contributed by atoms with Crippen LogP contribution in [-0.2, 0) is 4.79 Å². The molecule has 1 aromatic heterocycles. The fraction of sp³-hybridized carbons (Fsp3) is 0.143. The number of hydrogen-bond acceptors (Lipinski definition) is 3. The SMILES string of the molecule is Cc1ccc(C(C(=O)NO)c2cccnc2)cc1. The Balaban J connectivity index is 2.43. The van der Waals surface area contributed by atoms with E-state index in [1.807, 2.05) is 37.3 Å². The van der Waals surface area contributed by atoms with Crippen LogP contribution in [0.3, 0.4) is 0 Å². The van der Waals surface area contributed by atoms with E-state index in [-0.39, 0.29) is 0 Å². The Bertz CT molecular complexity index is 523. The Morgan fingerprint density at radius 1 is 1.22 bits per heavy atom. The molecule has 0 radical (unpaired) electrons. The Kier molecular flexibility index (Phi) is 3.69. The number of pyridine rings is 1. The van der Waals surface area contributed by atoms with E-state index in [1.54, 1.807) is 23.9 Å². The number of carbonyl (C=O) groups is 1. The predicted molar refractivity (Wildman–Crippen MR) is 67.2 cm³/mol. The maximum Gasteiger partial charge on any atom is 0.255 e. The monoisotopic (exact) mass is 242 g/mol. The molecule has 0 fully saturated rings. The lowest BCUT2D eigenvalue weighted by Crippen LogP contribution is -2.27. The lowest BCUT2D eigenvalue weighted by atomic mass is 9.91. The molecule has 1 heterocycles. The maximum absolute atomic E-state index is 11.8. The van der Waals surface area contributed by atoms with E-state index in [0.717, 1.165) is 16.7 Å². The van der Waals surface area contributed by atoms with Gasteiger partial charge >= 0.3 is 0 Å². The quantitative estimate of drug-likeness (QED) is 0.639. The van der Waals surface area contributed by atoms with Crippen LogP contribution in [0.25, 0.3) is 0 Å². The molecule has 2 aromatic rings. The van der Waals surface area contributed by atoms with Gasteiger partial charge in [-0.15, -0.1) is 0 Å². The Morgan fingerprint density at radius 3 is 2.50 bits per heavy atom. The number of nitrogens with one attached hydrogen (secondary N) is 1. The fourth-order valence-corrected chi connectivity index (χ4v) is 1.87. The van der Waals surface area contributed by atoms with E-state index >= 15 is 0 Å². The average molecular weight is 242 g/mol. The molecule has 4 heteroatoms. The van der Waals surface area contributed by atoms with Gasteiger partial charge < -0.3 is 0 Å². The third-order valence-electron chi connectivity index (χ3n) is 2.80. The van der Waals surface area contributed by atoms with E-state index in [4.69, 9.17) is 5.21 Å². The van der Waals surface area contributed by atoms with Gasteiger partial charge in [0, 0.05) is 12.4 Å². The number of amides is 1. The van der Waals surface area contributed by atoms with E-state index in [0.29, 0.717) is 0 Å². The molecule has 1 unspecified atom stereocenters. The molecule has 0 spiro atoms. The van der Waals surface area contributed by atoms with Gasteiger partial charge in [0.05, 0.1) is 5.92 Å². The average Bonchev–Trinajstić information content (AvgIpc) is 2.42. The predicted octanol–water partition coefficient (Wildman–Crippen LogP) is 2.03. The summed E-state index contributed by atoms with van der Waals surface area (Å²) in [6.45, 7) is 1.98. The smallest absolute Gasteiger partial charge is 0.255 e. The van der Waals surface area contributed by atoms with Crippen LogP contribution in [-0.4, -0.2) is 16.1 Å². The highest BCUT2D eigenvalue weighted by molar-refractivity contribution is 5.86. The second kappa shape index (κ2) is 5.42. The Morgan fingerprint density at radius 2 is 1.94 bits per heavy atom. The molecule has 4 nitrogen and oxygen atoms in total. The number of aromatic nitrogens is 1. The Hall–Kier alpha value is -2.20. The van der Waals surface area contributed by atoms with Crippen molar-refractivity contribution < 1.29 is 10.0 Å². The second-order valence-corrected chi connectivity index (χ2v) is 4.11. The van der Waals surface area contributed by atoms with Crippen LogP contribution >= 0.6 is 0 Å². The first-order valence-electron chi connectivity index (χ1n) is 5.63. The largest absolute Gasteiger partial charge is 0.289 e. The van der Waals surface area contributed by atoms with Gasteiger partial charge in [-0.05, 0) is 24.1 Å². The van der Waals surface area contributed by atoms with Gasteiger partial charge in [-0.3, -0.25) is 15.0 Å². The van der Waals surface area contributed by atoms with Crippen LogP contribution < -0.4 is 5.48 Å². The number of carbonyl (C=O) groups excluding carboxylic acids is 1. The normalized spacial score (nSPS) is 11.9. The highest BCUT2D eigenvalue weighted by Crippen LogP contribution is 2.24. The first-order chi connectivity index (χ1) is 8.72. The maximum atomic E-state index is 11.8. The fourth-order valence-electron chi connectivity index (χ4n) is 1.87. The molecule has 18 heavy (non-hydrogen) atoms. The number of rotatable bonds is 3. The summed E-state index contributed by atoms with van der Waals surface area (Å²) in [5, 5.41) is 8.86. The van der Waals surface area contributed by atoms with Gasteiger partial charge in [0.25, 0.3) is 5.91 Å². The summed E-state index contributed by atoms with van der Waals surface area (Å²) in [6.07, 6.45) is 3.27. The van der Waals surface area contributed by atoms with Crippen LogP contribution in [0.5, 0.6) is 0 Å². The van der Waals surface area contributed by atoms with Gasteiger partial charge in [-0.25, -0.2) is 5.48 Å². The van der Waals surface area contributed by atoms with Gasteiger partial charge in [0.1, 0.15) is 0 Å². The number of aryl methyl sites for hydroxylation is 1. The van der Waals surface area contributed by atoms with Gasteiger partial charge in [0.2, 0.25) is 0 Å². The molecular weight excluding hydrogens is 228 g/mol. The zero-order valence-electron chi connectivity index (χ0n) is 10.00. The number of benzene rings is 1. The molecule has 1 amide bonds.